The highest BCUT2D eigenvalue weighted by Crippen LogP contribution is 2.23. The summed E-state index contributed by atoms with van der Waals surface area (Å²) >= 11 is 1.08. The first-order valence-corrected chi connectivity index (χ1v) is 6.79. The first-order valence-electron chi connectivity index (χ1n) is 5.91. The number of Topliss-reactive ketones (excluding diaryl/α,β-unsaturated/α-hetero) is 1. The van der Waals surface area contributed by atoms with E-state index in [1.54, 1.807) is 24.3 Å². The van der Waals surface area contributed by atoms with Gasteiger partial charge in [0.2, 0.25) is 5.91 Å². The molecule has 104 valence electrons. The zero-order chi connectivity index (χ0) is 14.7. The van der Waals surface area contributed by atoms with Crippen molar-refractivity contribution < 1.29 is 14.4 Å². The summed E-state index contributed by atoms with van der Waals surface area (Å²) in [6.07, 6.45) is -0.00199. The van der Waals surface area contributed by atoms with Crippen LogP contribution in [0.25, 0.3) is 0 Å². The third-order valence-corrected chi connectivity index (χ3v) is 3.67. The minimum absolute atomic E-state index is 0.00199. The van der Waals surface area contributed by atoms with Gasteiger partial charge in [-0.15, -0.1) is 0 Å². The molecular weight excluding hydrogens is 278 g/mol. The molecule has 1 heterocycles. The molecule has 7 heteroatoms. The average Bonchev–Trinajstić information content (AvgIpc) is 2.67. The van der Waals surface area contributed by atoms with Crippen molar-refractivity contribution in [1.29, 1.82) is 0 Å². The Bertz CT molecular complexity index is 613. The molecule has 1 aromatic carbocycles. The van der Waals surface area contributed by atoms with E-state index in [1.807, 2.05) is 0 Å². The van der Waals surface area contributed by atoms with Crippen molar-refractivity contribution in [3.8, 4) is 0 Å². The van der Waals surface area contributed by atoms with Crippen molar-refractivity contribution in [2.75, 3.05) is 5.32 Å². The van der Waals surface area contributed by atoms with Crippen LogP contribution in [0.5, 0.6) is 0 Å². The smallest absolute Gasteiger partial charge is 0.262 e. The number of aliphatic imine (C=N–C) groups is 1. The number of nitrogens with one attached hydrogen (secondary N) is 1. The van der Waals surface area contributed by atoms with Crippen LogP contribution in [0, 0.1) is 0 Å². The molecule has 0 fully saturated rings. The monoisotopic (exact) mass is 291 g/mol. The number of carbonyl (C=O) groups is 3. The number of hydrogen-bond acceptors (Lipinski definition) is 5. The van der Waals surface area contributed by atoms with E-state index in [1.165, 1.54) is 6.92 Å². The van der Waals surface area contributed by atoms with Crippen molar-refractivity contribution in [1.82, 2.24) is 0 Å². The number of rotatable bonds is 4. The number of hydrogen-bond donors (Lipinski definition) is 2. The zero-order valence-corrected chi connectivity index (χ0v) is 11.6. The number of amidine groups is 1. The van der Waals surface area contributed by atoms with E-state index in [-0.39, 0.29) is 29.2 Å². The number of amides is 2. The van der Waals surface area contributed by atoms with Crippen LogP contribution in [-0.2, 0) is 9.59 Å². The number of ketones is 1. The number of nitrogens with zero attached hydrogens (tertiary/aromatic N) is 1. The van der Waals surface area contributed by atoms with E-state index in [4.69, 9.17) is 5.73 Å². The second-order valence-electron chi connectivity index (χ2n) is 4.28. The summed E-state index contributed by atoms with van der Waals surface area (Å²) in [5.41, 5.74) is 6.46. The highest BCUT2D eigenvalue weighted by Gasteiger charge is 2.29. The van der Waals surface area contributed by atoms with Gasteiger partial charge in [-0.3, -0.25) is 14.4 Å². The van der Waals surface area contributed by atoms with Crippen LogP contribution in [-0.4, -0.2) is 28.0 Å². The van der Waals surface area contributed by atoms with E-state index in [0.29, 0.717) is 11.3 Å². The minimum Gasteiger partial charge on any atom is -0.378 e. The third-order valence-electron chi connectivity index (χ3n) is 2.68. The van der Waals surface area contributed by atoms with Gasteiger partial charge >= 0.3 is 0 Å². The maximum Gasteiger partial charge on any atom is 0.262 e. The Balaban J connectivity index is 1.97. The second kappa shape index (κ2) is 5.87. The fraction of sp³-hybridized carbons (Fsp3) is 0.231. The van der Waals surface area contributed by atoms with Crippen LogP contribution in [0.4, 0.5) is 5.69 Å². The molecule has 1 atom stereocenters. The lowest BCUT2D eigenvalue weighted by molar-refractivity contribution is -0.121. The molecule has 0 saturated heterocycles. The second-order valence-corrected chi connectivity index (χ2v) is 5.51. The predicted octanol–water partition coefficient (Wildman–Crippen LogP) is 1.17. The summed E-state index contributed by atoms with van der Waals surface area (Å²) in [5, 5.41) is 2.27. The highest BCUT2D eigenvalue weighted by molar-refractivity contribution is 8.15. The summed E-state index contributed by atoms with van der Waals surface area (Å²) in [4.78, 5) is 38.1. The Hall–Kier alpha value is -2.15. The lowest BCUT2D eigenvalue weighted by atomic mass is 10.1. The number of benzene rings is 1. The predicted molar refractivity (Wildman–Crippen MR) is 77.7 cm³/mol. The molecule has 2 rings (SSSR count). The Labute approximate surface area is 119 Å². The number of anilines is 1. The van der Waals surface area contributed by atoms with Gasteiger partial charge in [-0.2, -0.15) is 4.99 Å². The van der Waals surface area contributed by atoms with E-state index in [0.717, 1.165) is 11.8 Å². The fourth-order valence-corrected chi connectivity index (χ4v) is 2.55. The molecule has 0 bridgehead atoms. The fourth-order valence-electron chi connectivity index (χ4n) is 1.73. The Kier molecular flexibility index (Phi) is 4.19. The number of thioether (sulfide) groups is 1. The van der Waals surface area contributed by atoms with Gasteiger partial charge < -0.3 is 11.1 Å². The first-order chi connectivity index (χ1) is 9.45. The van der Waals surface area contributed by atoms with Crippen LogP contribution in [0.3, 0.4) is 0 Å². The lowest BCUT2D eigenvalue weighted by Gasteiger charge is -2.08. The van der Waals surface area contributed by atoms with Crippen molar-refractivity contribution >= 4 is 40.2 Å². The molecule has 1 unspecified atom stereocenters. The lowest BCUT2D eigenvalue weighted by Crippen LogP contribution is -2.21. The van der Waals surface area contributed by atoms with Gasteiger partial charge in [-0.1, -0.05) is 23.9 Å². The van der Waals surface area contributed by atoms with Crippen LogP contribution >= 0.6 is 11.8 Å². The van der Waals surface area contributed by atoms with Gasteiger partial charge in [-0.25, -0.2) is 0 Å². The van der Waals surface area contributed by atoms with Crippen molar-refractivity contribution in [2.24, 2.45) is 10.7 Å². The van der Waals surface area contributed by atoms with Crippen LogP contribution in [0.1, 0.15) is 23.7 Å². The van der Waals surface area contributed by atoms with Crippen molar-refractivity contribution in [3.05, 3.63) is 29.8 Å². The van der Waals surface area contributed by atoms with Gasteiger partial charge in [0.05, 0.1) is 0 Å². The molecule has 20 heavy (non-hydrogen) atoms. The van der Waals surface area contributed by atoms with E-state index < -0.39 is 5.25 Å². The van der Waals surface area contributed by atoms with Crippen LogP contribution in [0.15, 0.2) is 29.3 Å². The average molecular weight is 291 g/mol. The zero-order valence-electron chi connectivity index (χ0n) is 10.8. The topological polar surface area (TPSA) is 102 Å². The normalized spacial score (nSPS) is 17.8. The summed E-state index contributed by atoms with van der Waals surface area (Å²) in [5.74, 6) is -0.787. The highest BCUT2D eigenvalue weighted by atomic mass is 32.2. The summed E-state index contributed by atoms with van der Waals surface area (Å²) in [6.45, 7) is 1.45. The molecule has 3 N–H and O–H groups in total. The van der Waals surface area contributed by atoms with E-state index in [9.17, 15) is 14.4 Å². The standard InChI is InChI=1S/C13H13N3O3S/c1-7(17)8-3-2-4-9(5-8)15-11(18)6-10-12(19)16-13(14)20-10/h2-5,10H,6H2,1H3,(H,15,18)(H2,14,16,19). The van der Waals surface area contributed by atoms with Gasteiger partial charge in [0.25, 0.3) is 5.91 Å². The van der Waals surface area contributed by atoms with Crippen molar-refractivity contribution in [2.45, 2.75) is 18.6 Å². The maximum absolute atomic E-state index is 11.8. The quantitative estimate of drug-likeness (QED) is 0.811. The maximum atomic E-state index is 11.8. The Morgan fingerprint density at radius 2 is 2.20 bits per heavy atom. The molecular formula is C13H13N3O3S. The third kappa shape index (κ3) is 3.45. The van der Waals surface area contributed by atoms with Gasteiger partial charge in [0.1, 0.15) is 5.25 Å². The van der Waals surface area contributed by atoms with Gasteiger partial charge in [0.15, 0.2) is 11.0 Å². The van der Waals surface area contributed by atoms with Crippen LogP contribution in [0.2, 0.25) is 0 Å². The van der Waals surface area contributed by atoms with Gasteiger partial charge in [0, 0.05) is 17.7 Å². The molecule has 0 aromatic heterocycles. The molecule has 0 saturated carbocycles. The SMILES string of the molecule is CC(=O)c1cccc(NC(=O)CC2SC(N)=NC2=O)c1. The Morgan fingerprint density at radius 3 is 2.80 bits per heavy atom. The van der Waals surface area contributed by atoms with E-state index >= 15 is 0 Å². The summed E-state index contributed by atoms with van der Waals surface area (Å²) in [7, 11) is 0. The largest absolute Gasteiger partial charge is 0.378 e. The van der Waals surface area contributed by atoms with Gasteiger partial charge in [-0.05, 0) is 19.1 Å². The molecule has 1 aromatic rings. The molecule has 6 nitrogen and oxygen atoms in total. The molecule has 2 amide bonds. The Morgan fingerprint density at radius 1 is 1.45 bits per heavy atom. The van der Waals surface area contributed by atoms with E-state index in [2.05, 4.69) is 10.3 Å². The number of carbonyl (C=O) groups excluding carboxylic acids is 3. The molecule has 0 radical (unpaired) electrons. The molecule has 1 aliphatic heterocycles. The van der Waals surface area contributed by atoms with Crippen LogP contribution < -0.4 is 11.1 Å². The first kappa shape index (κ1) is 14.3. The van der Waals surface area contributed by atoms with Crippen molar-refractivity contribution in [3.63, 3.8) is 0 Å². The summed E-state index contributed by atoms with van der Waals surface area (Å²) < 4.78 is 0. The molecule has 0 aliphatic carbocycles. The molecule has 0 spiro atoms. The number of nitrogens with two attached hydrogens (primary N) is 1. The summed E-state index contributed by atoms with van der Waals surface area (Å²) in [6, 6.07) is 6.62. The minimum atomic E-state index is -0.564. The molecule has 1 aliphatic rings.